The van der Waals surface area contributed by atoms with Crippen molar-refractivity contribution >= 4 is 41.1 Å². The standard InChI is InChI=1S/C24H16Cl2O3/c1-2-15-3-5-16(6-4-15)14-28-18-8-9-19-22(13-18)29-23(24(19)27)12-17-7-10-20(25)21(26)11-17/h2-13H,1,14H2/b23-12-. The summed E-state index contributed by atoms with van der Waals surface area (Å²) in [5.74, 6) is 1.15. The van der Waals surface area contributed by atoms with E-state index in [1.807, 2.05) is 24.3 Å². The van der Waals surface area contributed by atoms with Crippen molar-refractivity contribution in [3.05, 3.63) is 105 Å². The number of allylic oxidation sites excluding steroid dienone is 1. The van der Waals surface area contributed by atoms with Crippen molar-refractivity contribution in [2.24, 2.45) is 0 Å². The molecule has 0 bridgehead atoms. The normalized spacial score (nSPS) is 13.9. The highest BCUT2D eigenvalue weighted by Crippen LogP contribution is 2.35. The van der Waals surface area contributed by atoms with E-state index in [2.05, 4.69) is 6.58 Å². The first-order valence-corrected chi connectivity index (χ1v) is 9.66. The Morgan fingerprint density at radius 2 is 1.69 bits per heavy atom. The highest BCUT2D eigenvalue weighted by atomic mass is 35.5. The van der Waals surface area contributed by atoms with Gasteiger partial charge in [0.15, 0.2) is 5.76 Å². The second kappa shape index (κ2) is 8.16. The molecule has 0 radical (unpaired) electrons. The first-order valence-electron chi connectivity index (χ1n) is 8.91. The number of ketones is 1. The van der Waals surface area contributed by atoms with Gasteiger partial charge in [0.25, 0.3) is 0 Å². The molecule has 4 rings (SSSR count). The molecule has 0 amide bonds. The highest BCUT2D eigenvalue weighted by molar-refractivity contribution is 6.42. The second-order valence-corrected chi connectivity index (χ2v) is 7.32. The highest BCUT2D eigenvalue weighted by Gasteiger charge is 2.27. The zero-order valence-electron chi connectivity index (χ0n) is 15.3. The lowest BCUT2D eigenvalue weighted by atomic mass is 10.1. The number of fused-ring (bicyclic) bond motifs is 1. The number of rotatable bonds is 5. The van der Waals surface area contributed by atoms with Gasteiger partial charge in [-0.25, -0.2) is 0 Å². The van der Waals surface area contributed by atoms with Crippen molar-refractivity contribution in [1.29, 1.82) is 0 Å². The largest absolute Gasteiger partial charge is 0.489 e. The molecule has 1 aliphatic rings. The van der Waals surface area contributed by atoms with Crippen LogP contribution in [0, 0.1) is 0 Å². The van der Waals surface area contributed by atoms with Crippen molar-refractivity contribution in [2.75, 3.05) is 0 Å². The minimum Gasteiger partial charge on any atom is -0.489 e. The van der Waals surface area contributed by atoms with Gasteiger partial charge in [-0.2, -0.15) is 0 Å². The zero-order chi connectivity index (χ0) is 20.4. The molecule has 0 atom stereocenters. The molecule has 3 nitrogen and oxygen atoms in total. The summed E-state index contributed by atoms with van der Waals surface area (Å²) in [5, 5.41) is 0.873. The topological polar surface area (TPSA) is 35.5 Å². The van der Waals surface area contributed by atoms with E-state index in [0.717, 1.165) is 16.7 Å². The molecule has 0 saturated heterocycles. The smallest absolute Gasteiger partial charge is 0.231 e. The van der Waals surface area contributed by atoms with Gasteiger partial charge in [-0.05, 0) is 47.0 Å². The van der Waals surface area contributed by atoms with Gasteiger partial charge in [0, 0.05) is 6.07 Å². The van der Waals surface area contributed by atoms with E-state index >= 15 is 0 Å². The lowest BCUT2D eigenvalue weighted by Gasteiger charge is -2.07. The van der Waals surface area contributed by atoms with Gasteiger partial charge >= 0.3 is 0 Å². The van der Waals surface area contributed by atoms with Crippen LogP contribution in [0.1, 0.15) is 27.0 Å². The molecule has 0 spiro atoms. The van der Waals surface area contributed by atoms with Crippen LogP contribution in [0.4, 0.5) is 0 Å². The van der Waals surface area contributed by atoms with Crippen LogP contribution in [-0.2, 0) is 6.61 Å². The van der Waals surface area contributed by atoms with Crippen LogP contribution < -0.4 is 9.47 Å². The van der Waals surface area contributed by atoms with Gasteiger partial charge in [-0.3, -0.25) is 4.79 Å². The molecule has 0 aromatic heterocycles. The van der Waals surface area contributed by atoms with Crippen molar-refractivity contribution in [2.45, 2.75) is 6.61 Å². The van der Waals surface area contributed by atoms with Crippen LogP contribution in [0.25, 0.3) is 12.2 Å². The molecule has 0 saturated carbocycles. The van der Waals surface area contributed by atoms with E-state index in [9.17, 15) is 4.79 Å². The van der Waals surface area contributed by atoms with Gasteiger partial charge in [0.1, 0.15) is 18.1 Å². The number of halogens is 2. The summed E-state index contributed by atoms with van der Waals surface area (Å²) in [7, 11) is 0. The minimum absolute atomic E-state index is 0.183. The van der Waals surface area contributed by atoms with E-state index in [0.29, 0.717) is 33.7 Å². The molecular weight excluding hydrogens is 407 g/mol. The summed E-state index contributed by atoms with van der Waals surface area (Å²) in [6, 6.07) is 18.3. The van der Waals surface area contributed by atoms with Crippen LogP contribution >= 0.6 is 23.2 Å². The number of benzene rings is 3. The third kappa shape index (κ3) is 4.21. The maximum absolute atomic E-state index is 12.6. The molecular formula is C24H16Cl2O3. The Morgan fingerprint density at radius 3 is 2.41 bits per heavy atom. The van der Waals surface area contributed by atoms with Gasteiger partial charge in [-0.1, -0.05) is 66.2 Å². The zero-order valence-corrected chi connectivity index (χ0v) is 16.8. The summed E-state index contributed by atoms with van der Waals surface area (Å²) >= 11 is 12.0. The van der Waals surface area contributed by atoms with Gasteiger partial charge < -0.3 is 9.47 Å². The predicted octanol–water partition coefficient (Wildman–Crippen LogP) is 6.83. The molecule has 5 heteroatoms. The Hall–Kier alpha value is -3.01. The molecule has 29 heavy (non-hydrogen) atoms. The number of hydrogen-bond acceptors (Lipinski definition) is 3. The Kier molecular flexibility index (Phi) is 5.43. The fraction of sp³-hybridized carbons (Fsp3) is 0.0417. The summed E-state index contributed by atoms with van der Waals surface area (Å²) < 4.78 is 11.6. The Labute approximate surface area is 178 Å². The van der Waals surface area contributed by atoms with Gasteiger partial charge in [-0.15, -0.1) is 0 Å². The summed E-state index contributed by atoms with van der Waals surface area (Å²) in [6.45, 7) is 4.16. The predicted molar refractivity (Wildman–Crippen MR) is 117 cm³/mol. The molecule has 1 heterocycles. The van der Waals surface area contributed by atoms with Gasteiger partial charge in [0.05, 0.1) is 15.6 Å². The molecule has 3 aromatic carbocycles. The average molecular weight is 423 g/mol. The van der Waals surface area contributed by atoms with Crippen LogP contribution in [0.15, 0.2) is 73.0 Å². The summed E-state index contributed by atoms with van der Waals surface area (Å²) in [4.78, 5) is 12.6. The Balaban J connectivity index is 1.49. The van der Waals surface area contributed by atoms with Crippen molar-refractivity contribution in [3.63, 3.8) is 0 Å². The molecule has 1 aliphatic heterocycles. The lowest BCUT2D eigenvalue weighted by molar-refractivity contribution is 0.101. The van der Waals surface area contributed by atoms with Crippen molar-refractivity contribution in [1.82, 2.24) is 0 Å². The van der Waals surface area contributed by atoms with Crippen LogP contribution in [0.3, 0.4) is 0 Å². The van der Waals surface area contributed by atoms with E-state index in [1.54, 1.807) is 48.6 Å². The fourth-order valence-corrected chi connectivity index (χ4v) is 3.23. The molecule has 0 N–H and O–H groups in total. The summed E-state index contributed by atoms with van der Waals surface area (Å²) in [6.07, 6.45) is 3.44. The number of hydrogen-bond donors (Lipinski definition) is 0. The lowest BCUT2D eigenvalue weighted by Crippen LogP contribution is -1.98. The third-order valence-corrected chi connectivity index (χ3v) is 5.24. The van der Waals surface area contributed by atoms with Gasteiger partial charge in [0.2, 0.25) is 5.78 Å². The molecule has 0 aliphatic carbocycles. The van der Waals surface area contributed by atoms with Crippen LogP contribution in [0.5, 0.6) is 11.5 Å². The minimum atomic E-state index is -0.183. The van der Waals surface area contributed by atoms with Crippen molar-refractivity contribution in [3.8, 4) is 11.5 Å². The SMILES string of the molecule is C=Cc1ccc(COc2ccc3c(c2)O/C(=C\c2ccc(Cl)c(Cl)c2)C3=O)cc1. The van der Waals surface area contributed by atoms with Crippen molar-refractivity contribution < 1.29 is 14.3 Å². The maximum Gasteiger partial charge on any atom is 0.231 e. The third-order valence-electron chi connectivity index (χ3n) is 4.50. The molecule has 0 unspecified atom stereocenters. The Morgan fingerprint density at radius 1 is 0.931 bits per heavy atom. The number of carbonyl (C=O) groups is 1. The molecule has 3 aromatic rings. The van der Waals surface area contributed by atoms with E-state index in [4.69, 9.17) is 32.7 Å². The second-order valence-electron chi connectivity index (χ2n) is 6.51. The Bertz CT molecular complexity index is 1130. The number of Topliss-reactive ketones (excluding diaryl/α,β-unsaturated/α-hetero) is 1. The first kappa shape index (κ1) is 19.3. The number of ether oxygens (including phenoxy) is 2. The van der Waals surface area contributed by atoms with Crippen LogP contribution in [0.2, 0.25) is 10.0 Å². The number of carbonyl (C=O) groups excluding carboxylic acids is 1. The fourth-order valence-electron chi connectivity index (χ4n) is 2.93. The maximum atomic E-state index is 12.6. The average Bonchev–Trinajstić information content (AvgIpc) is 3.04. The van der Waals surface area contributed by atoms with Crippen LogP contribution in [-0.4, -0.2) is 5.78 Å². The van der Waals surface area contributed by atoms with E-state index in [1.165, 1.54) is 0 Å². The van der Waals surface area contributed by atoms with E-state index < -0.39 is 0 Å². The monoisotopic (exact) mass is 422 g/mol. The van der Waals surface area contributed by atoms with E-state index in [-0.39, 0.29) is 11.5 Å². The molecule has 144 valence electrons. The quantitative estimate of drug-likeness (QED) is 0.422. The molecule has 0 fully saturated rings. The first-order chi connectivity index (χ1) is 14.0. The summed E-state index contributed by atoms with van der Waals surface area (Å²) in [5.41, 5.74) is 3.32.